The minimum atomic E-state index is -1.35. The third-order valence-corrected chi connectivity index (χ3v) is 30.3. The van der Waals surface area contributed by atoms with E-state index in [0.717, 1.165) is 138 Å². The van der Waals surface area contributed by atoms with Gasteiger partial charge in [0.2, 0.25) is 17.1 Å². The van der Waals surface area contributed by atoms with Gasteiger partial charge in [-0.05, 0) is 274 Å². The molecule has 7 saturated carbocycles. The zero-order valence-corrected chi connectivity index (χ0v) is 70.7. The Bertz CT molecular complexity index is 5700. The quantitative estimate of drug-likeness (QED) is 0.0853. The summed E-state index contributed by atoms with van der Waals surface area (Å²) in [5, 5.41) is 9.01. The first kappa shape index (κ1) is 71.0. The number of benzene rings is 9. The van der Waals surface area contributed by atoms with E-state index in [1.807, 2.05) is 0 Å². The lowest BCUT2D eigenvalue weighted by Gasteiger charge is -2.39. The normalized spacial score (nSPS) is 23.9. The van der Waals surface area contributed by atoms with Crippen molar-refractivity contribution in [3.63, 3.8) is 0 Å². The van der Waals surface area contributed by atoms with Gasteiger partial charge in [0.15, 0.2) is 18.6 Å². The van der Waals surface area contributed by atoms with E-state index in [1.54, 1.807) is 0 Å². The van der Waals surface area contributed by atoms with Crippen LogP contribution in [0.15, 0.2) is 219 Å². The predicted molar refractivity (Wildman–Crippen MR) is 482 cm³/mol. The second-order valence-corrected chi connectivity index (χ2v) is 41.9. The van der Waals surface area contributed by atoms with E-state index in [4.69, 9.17) is 0 Å². The summed E-state index contributed by atoms with van der Waals surface area (Å²) in [6.45, 7) is 13.8. The molecule has 0 N–H and O–H groups in total. The lowest BCUT2D eigenvalue weighted by molar-refractivity contribution is -0.660. The van der Waals surface area contributed by atoms with Crippen molar-refractivity contribution < 1.29 is 20.6 Å². The van der Waals surface area contributed by atoms with Crippen LogP contribution in [-0.2, 0) is 21.1 Å². The highest BCUT2D eigenvalue weighted by Gasteiger charge is 2.38. The monoisotopic (exact) mass is 1510 g/mol. The Labute approximate surface area is 686 Å². The number of fused-ring (bicyclic) bond motifs is 5. The van der Waals surface area contributed by atoms with Gasteiger partial charge < -0.3 is 0 Å². The van der Waals surface area contributed by atoms with Crippen LogP contribution in [0.1, 0.15) is 261 Å². The highest BCUT2D eigenvalue weighted by Crippen LogP contribution is 2.51. The van der Waals surface area contributed by atoms with Gasteiger partial charge in [0.25, 0.3) is 0 Å². The maximum atomic E-state index is 9.62. The van der Waals surface area contributed by atoms with Crippen LogP contribution >= 0.6 is 0 Å². The van der Waals surface area contributed by atoms with Crippen molar-refractivity contribution >= 4 is 45.6 Å². The SMILES string of the molecule is [2H]C1(c2c[n+](C)c(-c3ccccc3C)cc2-c2ccc3cc([Si](C)(C)C)ccc3c2)CCCCC1.[2H]C1(c2ccc3cc(-c4cc(-c5ccccc5C)[n+](C)cc4C4([2H])CCCCC4)ccc3c2)CC2CCCCC2C1.[2H]C1(c2ccc3cc(-c4cc(-c5ccccc5C)[n+](C)cc4C4([2H])CCCCC4)ccc3c2)CCC2CCCCC2C1. The highest BCUT2D eigenvalue weighted by atomic mass is 28.3. The number of rotatable bonds is 12. The zero-order chi connectivity index (χ0) is 81.9. The first-order valence-electron chi connectivity index (χ1n) is 46.8. The minimum absolute atomic E-state index is 0.436. The van der Waals surface area contributed by atoms with Crippen molar-refractivity contribution in [3.05, 3.63) is 263 Å². The number of aromatic nitrogens is 3. The van der Waals surface area contributed by atoms with Gasteiger partial charge in [-0.25, -0.2) is 13.7 Å². The molecule has 5 atom stereocenters. The molecule has 4 heteroatoms. The molecule has 0 spiro atoms. The molecular formula is C109H128N3Si+3. The van der Waals surface area contributed by atoms with Gasteiger partial charge in [-0.3, -0.25) is 0 Å². The van der Waals surface area contributed by atoms with E-state index in [9.17, 15) is 6.85 Å². The van der Waals surface area contributed by atoms with Crippen molar-refractivity contribution in [2.75, 3.05) is 0 Å². The average Bonchev–Trinajstić information content (AvgIpc) is 0.957. The molecule has 580 valence electrons. The summed E-state index contributed by atoms with van der Waals surface area (Å²) >= 11 is 0. The Kier molecular flexibility index (Phi) is 21.4. The third-order valence-electron chi connectivity index (χ3n) is 28.2. The molecule has 0 saturated heterocycles. The van der Waals surface area contributed by atoms with Gasteiger partial charge >= 0.3 is 0 Å². The fourth-order valence-electron chi connectivity index (χ4n) is 21.5. The van der Waals surface area contributed by atoms with Crippen molar-refractivity contribution in [2.24, 2.45) is 44.8 Å². The minimum Gasteiger partial charge on any atom is -0.201 e. The smallest absolute Gasteiger partial charge is 0.201 e. The number of hydrogen-bond donors (Lipinski definition) is 0. The largest absolute Gasteiger partial charge is 0.213 e. The molecule has 0 bridgehead atoms. The third kappa shape index (κ3) is 16.8. The topological polar surface area (TPSA) is 11.6 Å². The summed E-state index contributed by atoms with van der Waals surface area (Å²) in [5.41, 5.74) is 24.3. The molecule has 19 rings (SSSR count). The molecule has 7 aliphatic carbocycles. The summed E-state index contributed by atoms with van der Waals surface area (Å²) in [6.07, 6.45) is 38.9. The van der Waals surface area contributed by atoms with Gasteiger partial charge in [-0.15, -0.1) is 0 Å². The van der Waals surface area contributed by atoms with Crippen LogP contribution in [0.2, 0.25) is 19.6 Å². The lowest BCUT2D eigenvalue weighted by Crippen LogP contribution is -2.37. The fraction of sp³-hybridized carbons (Fsp3) is 0.422. The second-order valence-electron chi connectivity index (χ2n) is 36.8. The van der Waals surface area contributed by atoms with E-state index in [1.165, 1.54) is 215 Å². The number of hydrogen-bond acceptors (Lipinski definition) is 0. The summed E-state index contributed by atoms with van der Waals surface area (Å²) < 4.78 is 54.4. The van der Waals surface area contributed by atoms with Crippen LogP contribution in [0, 0.1) is 44.4 Å². The summed E-state index contributed by atoms with van der Waals surface area (Å²) in [4.78, 5) is 0. The number of pyridine rings is 3. The summed E-state index contributed by atoms with van der Waals surface area (Å²) in [6, 6.07) is 74.2. The lowest BCUT2D eigenvalue weighted by atomic mass is 9.66. The molecule has 0 radical (unpaired) electrons. The van der Waals surface area contributed by atoms with Crippen molar-refractivity contribution in [1.29, 1.82) is 0 Å². The molecule has 3 aromatic heterocycles. The second kappa shape index (κ2) is 34.1. The van der Waals surface area contributed by atoms with Crippen molar-refractivity contribution in [3.8, 4) is 67.2 Å². The van der Waals surface area contributed by atoms with Gasteiger partial charge in [-0.2, -0.15) is 0 Å². The Balaban J connectivity index is 0.000000127. The number of aryl methyl sites for hydroxylation is 6. The van der Waals surface area contributed by atoms with Crippen LogP contribution in [0.25, 0.3) is 99.5 Å². The van der Waals surface area contributed by atoms with Crippen LogP contribution in [-0.4, -0.2) is 8.07 Å². The van der Waals surface area contributed by atoms with Crippen LogP contribution in [0.3, 0.4) is 0 Å². The first-order chi connectivity index (χ1) is 56.8. The number of nitrogens with zero attached hydrogens (tertiary/aromatic N) is 3. The predicted octanol–water partition coefficient (Wildman–Crippen LogP) is 28.4. The molecule has 0 aliphatic heterocycles. The maximum absolute atomic E-state index is 9.62. The molecule has 9 aromatic carbocycles. The van der Waals surface area contributed by atoms with Crippen LogP contribution < -0.4 is 18.9 Å². The molecule has 0 amide bonds. The molecule has 7 fully saturated rings. The molecule has 5 unspecified atom stereocenters. The molecule has 7 aliphatic rings. The fourth-order valence-corrected chi connectivity index (χ4v) is 22.7. The van der Waals surface area contributed by atoms with Gasteiger partial charge in [0.1, 0.15) is 21.1 Å². The maximum Gasteiger partial charge on any atom is 0.213 e. The molecule has 113 heavy (non-hydrogen) atoms. The zero-order valence-electron chi connectivity index (χ0n) is 74.7. The molecule has 3 heterocycles. The van der Waals surface area contributed by atoms with Gasteiger partial charge in [-0.1, -0.05) is 280 Å². The average molecular weight is 1510 g/mol. The molecule has 12 aromatic rings. The molecular weight excluding hydrogens is 1380 g/mol. The van der Waals surface area contributed by atoms with Crippen LogP contribution in [0.5, 0.6) is 0 Å². The standard InChI is InChI=1S/C39H46N.C38H44N.C32H38NSi/c1-27-10-6-9-15-36(27)39-25-37(38(26-40(39)2)29-12-4-3-5-13-29)35-21-20-33-23-32(18-19-34(33)24-35)31-17-16-28-11-7-8-14-30(28)22-31;1-26-10-6-9-15-35(26)38-24-36(37(25-39(38)2)27-11-4-3-5-12-27)33-19-18-30-20-32(17-16-31(30)21-33)34-22-28-13-7-8-14-29(28)23-34;1-23-11-9-10-14-29(23)32-21-30(31(22-33(32)2)24-12-7-6-8-13-24)27-16-15-26-20-28(34(3,4)5)18-17-25(26)19-27/h6,9-10,15,18-21,23-26,28-31H,3-5,7-8,11-14,16-17,22H2,1-2H3;6,9-10,15-21,24-25,27-29,34H,3-5,7-8,11-14,22-23H2,1-2H3;9-11,14-22,24H,6-8,12-13H2,1-5H3/q3*+1/i29D,31D;27D,34D;24D. The Morgan fingerprint density at radius 1 is 0.274 bits per heavy atom. The Morgan fingerprint density at radius 2 is 0.584 bits per heavy atom. The van der Waals surface area contributed by atoms with E-state index in [-0.39, 0.29) is 0 Å². The van der Waals surface area contributed by atoms with E-state index < -0.39 is 37.5 Å². The van der Waals surface area contributed by atoms with E-state index >= 15 is 0 Å². The molecule has 3 nitrogen and oxygen atoms in total. The van der Waals surface area contributed by atoms with E-state index in [2.05, 4.69) is 294 Å². The van der Waals surface area contributed by atoms with E-state index in [0.29, 0.717) is 0 Å². The van der Waals surface area contributed by atoms with Crippen molar-refractivity contribution in [1.82, 2.24) is 0 Å². The Hall–Kier alpha value is -8.57. The summed E-state index contributed by atoms with van der Waals surface area (Å²) in [7, 11) is 5.06. The van der Waals surface area contributed by atoms with Crippen LogP contribution in [0.4, 0.5) is 0 Å². The van der Waals surface area contributed by atoms with Gasteiger partial charge in [0, 0.05) is 58.4 Å². The van der Waals surface area contributed by atoms with Crippen molar-refractivity contribution in [2.45, 2.75) is 250 Å². The van der Waals surface area contributed by atoms with Gasteiger partial charge in [0.05, 0.1) is 8.07 Å². The highest BCUT2D eigenvalue weighted by molar-refractivity contribution is 6.88. The first-order valence-corrected chi connectivity index (χ1v) is 47.8. The summed E-state index contributed by atoms with van der Waals surface area (Å²) in [5.74, 6) is 0.578. The Morgan fingerprint density at radius 3 is 0.965 bits per heavy atom.